The van der Waals surface area contributed by atoms with Gasteiger partial charge >= 0.3 is 0 Å². The van der Waals surface area contributed by atoms with Crippen molar-refractivity contribution in [3.05, 3.63) is 0 Å². The predicted octanol–water partition coefficient (Wildman–Crippen LogP) is 6.20. The lowest BCUT2D eigenvalue weighted by Crippen LogP contribution is -2.26. The van der Waals surface area contributed by atoms with Gasteiger partial charge in [-0.3, -0.25) is 0 Å². The molecule has 2 fully saturated rings. The number of hydrogen-bond donors (Lipinski definition) is 0. The molecule has 0 amide bonds. The third-order valence-corrected chi connectivity index (χ3v) is 5.92. The van der Waals surface area contributed by atoms with E-state index in [1.807, 2.05) is 0 Å². The Kier molecular flexibility index (Phi) is 6.05. The largest absolute Gasteiger partial charge is 0.0654 e. The number of unbranched alkanes of at least 4 members (excludes halogenated alkanes) is 1. The smallest absolute Gasteiger partial charge is 0.0383 e. The van der Waals surface area contributed by atoms with Gasteiger partial charge in [0.1, 0.15) is 0 Å². The average molecular weight is 250 g/mol. The second-order valence-corrected chi connectivity index (χ2v) is 7.12. The van der Waals surface area contributed by atoms with Crippen LogP contribution in [0.25, 0.3) is 0 Å². The Balaban J connectivity index is 1.72. The maximum atomic E-state index is 2.40. The van der Waals surface area contributed by atoms with E-state index < -0.39 is 0 Å². The zero-order valence-corrected chi connectivity index (χ0v) is 12.8. The van der Waals surface area contributed by atoms with Crippen LogP contribution in [0.5, 0.6) is 0 Å². The first-order chi connectivity index (χ1) is 8.83. The molecular formula is C18H34. The van der Waals surface area contributed by atoms with E-state index in [0.717, 1.165) is 23.7 Å². The third-order valence-electron chi connectivity index (χ3n) is 5.92. The van der Waals surface area contributed by atoms with Crippen LogP contribution in [0.4, 0.5) is 0 Å². The Morgan fingerprint density at radius 1 is 0.778 bits per heavy atom. The molecule has 0 aromatic rings. The van der Waals surface area contributed by atoms with Gasteiger partial charge in [0, 0.05) is 0 Å². The summed E-state index contributed by atoms with van der Waals surface area (Å²) < 4.78 is 0. The molecule has 0 N–H and O–H groups in total. The molecule has 0 aromatic heterocycles. The summed E-state index contributed by atoms with van der Waals surface area (Å²) in [5, 5.41) is 0. The van der Waals surface area contributed by atoms with Crippen molar-refractivity contribution < 1.29 is 0 Å². The maximum Gasteiger partial charge on any atom is -0.0383 e. The molecule has 2 saturated carbocycles. The highest BCUT2D eigenvalue weighted by Crippen LogP contribution is 2.43. The van der Waals surface area contributed by atoms with E-state index in [1.54, 1.807) is 38.5 Å². The molecule has 0 unspecified atom stereocenters. The summed E-state index contributed by atoms with van der Waals surface area (Å²) in [5.41, 5.74) is 0. The Hall–Kier alpha value is 0. The molecule has 0 aliphatic heterocycles. The summed E-state index contributed by atoms with van der Waals surface area (Å²) >= 11 is 0. The van der Waals surface area contributed by atoms with E-state index in [2.05, 4.69) is 13.8 Å². The first-order valence-corrected chi connectivity index (χ1v) is 8.83. The van der Waals surface area contributed by atoms with E-state index >= 15 is 0 Å². The molecule has 106 valence electrons. The van der Waals surface area contributed by atoms with Gasteiger partial charge in [0.05, 0.1) is 0 Å². The lowest BCUT2D eigenvalue weighted by molar-refractivity contribution is 0.135. The van der Waals surface area contributed by atoms with E-state index in [0.29, 0.717) is 0 Å². The van der Waals surface area contributed by atoms with Gasteiger partial charge in [-0.15, -0.1) is 0 Å². The molecule has 2 aliphatic rings. The summed E-state index contributed by atoms with van der Waals surface area (Å²) in [6, 6.07) is 0. The minimum atomic E-state index is 1.07. The molecule has 0 heteroatoms. The van der Waals surface area contributed by atoms with Gasteiger partial charge in [0.15, 0.2) is 0 Å². The minimum Gasteiger partial charge on any atom is -0.0654 e. The molecule has 2 rings (SSSR count). The fraction of sp³-hybridized carbons (Fsp3) is 1.00. The normalized spacial score (nSPS) is 37.7. The van der Waals surface area contributed by atoms with Crippen LogP contribution >= 0.6 is 0 Å². The summed E-state index contributed by atoms with van der Waals surface area (Å²) in [6.07, 6.45) is 18.2. The standard InChI is InChI=1S/C18H34/c1-3-5-7-16-10-12-17(13-11-16)18-9-6-8-15(4-2)14-18/h15-18H,3-14H2,1-2H3/t15-,16-,17+,18-/m1/s1. The topological polar surface area (TPSA) is 0 Å². The molecule has 0 aromatic carbocycles. The van der Waals surface area contributed by atoms with E-state index in [1.165, 1.54) is 38.5 Å². The van der Waals surface area contributed by atoms with Gasteiger partial charge in [-0.1, -0.05) is 71.6 Å². The van der Waals surface area contributed by atoms with Gasteiger partial charge in [0.2, 0.25) is 0 Å². The van der Waals surface area contributed by atoms with E-state index in [4.69, 9.17) is 0 Å². The Morgan fingerprint density at radius 2 is 1.56 bits per heavy atom. The van der Waals surface area contributed by atoms with Crippen molar-refractivity contribution in [2.45, 2.75) is 90.9 Å². The lowest BCUT2D eigenvalue weighted by Gasteiger charge is -2.38. The lowest BCUT2D eigenvalue weighted by atomic mass is 9.68. The highest BCUT2D eigenvalue weighted by Gasteiger charge is 2.30. The summed E-state index contributed by atoms with van der Waals surface area (Å²) in [6.45, 7) is 4.73. The molecule has 0 saturated heterocycles. The zero-order chi connectivity index (χ0) is 12.8. The van der Waals surface area contributed by atoms with Crippen molar-refractivity contribution >= 4 is 0 Å². The second kappa shape index (κ2) is 7.56. The van der Waals surface area contributed by atoms with E-state index in [9.17, 15) is 0 Å². The maximum absolute atomic E-state index is 2.40. The fourth-order valence-corrected chi connectivity index (χ4v) is 4.57. The summed E-state index contributed by atoms with van der Waals surface area (Å²) in [5.74, 6) is 4.38. The van der Waals surface area contributed by atoms with Crippen molar-refractivity contribution in [1.82, 2.24) is 0 Å². The predicted molar refractivity (Wildman–Crippen MR) is 80.7 cm³/mol. The molecule has 0 spiro atoms. The first kappa shape index (κ1) is 14.4. The van der Waals surface area contributed by atoms with Gasteiger partial charge in [-0.25, -0.2) is 0 Å². The molecule has 18 heavy (non-hydrogen) atoms. The SMILES string of the molecule is CCCC[C@H]1CC[C@@H]([C@@H]2CCC[C@@H](CC)C2)CC1. The molecule has 0 radical (unpaired) electrons. The third kappa shape index (κ3) is 4.00. The Labute approximate surface area is 115 Å². The number of hydrogen-bond acceptors (Lipinski definition) is 0. The van der Waals surface area contributed by atoms with Crippen LogP contribution < -0.4 is 0 Å². The van der Waals surface area contributed by atoms with E-state index in [-0.39, 0.29) is 0 Å². The Morgan fingerprint density at radius 3 is 2.22 bits per heavy atom. The van der Waals surface area contributed by atoms with Crippen molar-refractivity contribution in [3.63, 3.8) is 0 Å². The van der Waals surface area contributed by atoms with Crippen molar-refractivity contribution in [2.24, 2.45) is 23.7 Å². The van der Waals surface area contributed by atoms with Gasteiger partial charge < -0.3 is 0 Å². The highest BCUT2D eigenvalue weighted by molar-refractivity contribution is 4.82. The quantitative estimate of drug-likeness (QED) is 0.545. The van der Waals surface area contributed by atoms with Crippen molar-refractivity contribution in [2.75, 3.05) is 0 Å². The van der Waals surface area contributed by atoms with Crippen LogP contribution in [0.1, 0.15) is 90.9 Å². The van der Waals surface area contributed by atoms with Crippen LogP contribution in [-0.4, -0.2) is 0 Å². The summed E-state index contributed by atoms with van der Waals surface area (Å²) in [7, 11) is 0. The molecule has 0 heterocycles. The molecule has 2 aliphatic carbocycles. The minimum absolute atomic E-state index is 1.07. The number of rotatable bonds is 5. The van der Waals surface area contributed by atoms with Gasteiger partial charge in [-0.2, -0.15) is 0 Å². The first-order valence-electron chi connectivity index (χ1n) is 8.83. The fourth-order valence-electron chi connectivity index (χ4n) is 4.57. The molecule has 2 atom stereocenters. The average Bonchev–Trinajstić information content (AvgIpc) is 2.46. The van der Waals surface area contributed by atoms with Crippen molar-refractivity contribution in [1.29, 1.82) is 0 Å². The van der Waals surface area contributed by atoms with Crippen LogP contribution in [0.2, 0.25) is 0 Å². The molecule has 0 bridgehead atoms. The Bertz CT molecular complexity index is 212. The van der Waals surface area contributed by atoms with Crippen LogP contribution in [-0.2, 0) is 0 Å². The molecule has 0 nitrogen and oxygen atoms in total. The zero-order valence-electron chi connectivity index (χ0n) is 12.8. The van der Waals surface area contributed by atoms with Crippen LogP contribution in [0, 0.1) is 23.7 Å². The summed E-state index contributed by atoms with van der Waals surface area (Å²) in [4.78, 5) is 0. The van der Waals surface area contributed by atoms with Gasteiger partial charge in [0.25, 0.3) is 0 Å². The van der Waals surface area contributed by atoms with Crippen LogP contribution in [0.3, 0.4) is 0 Å². The van der Waals surface area contributed by atoms with Gasteiger partial charge in [-0.05, 0) is 42.9 Å². The monoisotopic (exact) mass is 250 g/mol. The second-order valence-electron chi connectivity index (χ2n) is 7.12. The molecular weight excluding hydrogens is 216 g/mol. The van der Waals surface area contributed by atoms with Crippen molar-refractivity contribution in [3.8, 4) is 0 Å². The highest BCUT2D eigenvalue weighted by atomic mass is 14.4. The van der Waals surface area contributed by atoms with Crippen LogP contribution in [0.15, 0.2) is 0 Å².